The fraction of sp³-hybridized carbons (Fsp3) is 0.286. The van der Waals surface area contributed by atoms with Crippen molar-refractivity contribution in [2.24, 2.45) is 0 Å². The molecule has 1 heterocycles. The van der Waals surface area contributed by atoms with E-state index in [1.807, 2.05) is 32.1 Å². The number of hydrogen-bond acceptors (Lipinski definition) is 2. The third-order valence-electron chi connectivity index (χ3n) is 4.37. The molecule has 1 atom stereocenters. The molecule has 1 aliphatic rings. The normalized spacial score (nSPS) is 16.3. The van der Waals surface area contributed by atoms with E-state index in [2.05, 4.69) is 55.8 Å². The van der Waals surface area contributed by atoms with Gasteiger partial charge in [0.25, 0.3) is 0 Å². The van der Waals surface area contributed by atoms with E-state index in [9.17, 15) is 0 Å². The van der Waals surface area contributed by atoms with Crippen LogP contribution in [0.25, 0.3) is 0 Å². The second-order valence-electron chi connectivity index (χ2n) is 5.87. The highest BCUT2D eigenvalue weighted by molar-refractivity contribution is 6.00. The Hall–Kier alpha value is -2.35. The van der Waals surface area contributed by atoms with E-state index in [4.69, 9.17) is 5.41 Å². The van der Waals surface area contributed by atoms with E-state index in [-0.39, 0.29) is 6.04 Å². The van der Waals surface area contributed by atoms with Crippen LogP contribution in [-0.2, 0) is 6.42 Å². The number of allylic oxidation sites excluding steroid dienone is 5. The molecule has 1 aromatic carbocycles. The first-order valence-electron chi connectivity index (χ1n) is 8.16. The number of nitrogens with one attached hydrogen (secondary N) is 1. The van der Waals surface area contributed by atoms with Gasteiger partial charge in [0, 0.05) is 17.6 Å². The lowest BCUT2D eigenvalue weighted by molar-refractivity contribution is 0.375. The number of hydrogen-bond donors (Lipinski definition) is 1. The largest absolute Gasteiger partial charge is 0.341 e. The highest BCUT2D eigenvalue weighted by Gasteiger charge is 2.20. The third-order valence-corrected chi connectivity index (χ3v) is 4.37. The predicted molar refractivity (Wildman–Crippen MR) is 99.6 cm³/mol. The second kappa shape index (κ2) is 7.28. The van der Waals surface area contributed by atoms with Gasteiger partial charge in [-0.05, 0) is 55.5 Å². The van der Waals surface area contributed by atoms with Gasteiger partial charge in [0.2, 0.25) is 0 Å². The summed E-state index contributed by atoms with van der Waals surface area (Å²) in [7, 11) is 0. The molecular formula is C21H26N2. The van der Waals surface area contributed by atoms with Gasteiger partial charge in [-0.3, -0.25) is 0 Å². The van der Waals surface area contributed by atoms with Crippen molar-refractivity contribution in [1.82, 2.24) is 4.90 Å². The zero-order chi connectivity index (χ0) is 17.0. The lowest BCUT2D eigenvalue weighted by atomic mass is 9.95. The van der Waals surface area contributed by atoms with Crippen LogP contribution in [0.3, 0.4) is 0 Å². The first-order chi connectivity index (χ1) is 11.0. The Balaban J connectivity index is 2.41. The van der Waals surface area contributed by atoms with Crippen LogP contribution in [0.15, 0.2) is 72.1 Å². The molecule has 0 radical (unpaired) electrons. The van der Waals surface area contributed by atoms with E-state index >= 15 is 0 Å². The van der Waals surface area contributed by atoms with Gasteiger partial charge < -0.3 is 10.3 Å². The molecule has 0 aromatic heterocycles. The van der Waals surface area contributed by atoms with Crippen LogP contribution in [0.2, 0.25) is 0 Å². The van der Waals surface area contributed by atoms with Gasteiger partial charge in [-0.2, -0.15) is 0 Å². The summed E-state index contributed by atoms with van der Waals surface area (Å²) >= 11 is 0. The fourth-order valence-corrected chi connectivity index (χ4v) is 3.08. The maximum Gasteiger partial charge on any atom is 0.0560 e. The molecule has 1 aromatic rings. The summed E-state index contributed by atoms with van der Waals surface area (Å²) in [5.74, 6) is 0. The van der Waals surface area contributed by atoms with Crippen molar-refractivity contribution in [3.63, 3.8) is 0 Å². The SMILES string of the molecule is C=C1C=CC(/C(=C/C)C(C)=N)=CN1C(C)c1ccccc1CC. The molecule has 0 amide bonds. The number of nitrogens with zero attached hydrogens (tertiary/aromatic N) is 1. The molecule has 0 fully saturated rings. The Morgan fingerprint density at radius 3 is 2.61 bits per heavy atom. The summed E-state index contributed by atoms with van der Waals surface area (Å²) in [5, 5.41) is 7.96. The van der Waals surface area contributed by atoms with Crippen molar-refractivity contribution in [2.45, 2.75) is 40.2 Å². The van der Waals surface area contributed by atoms with Gasteiger partial charge in [0.05, 0.1) is 6.04 Å². The number of benzene rings is 1. The molecule has 0 saturated carbocycles. The monoisotopic (exact) mass is 306 g/mol. The van der Waals surface area contributed by atoms with Crippen LogP contribution in [0.1, 0.15) is 44.9 Å². The third kappa shape index (κ3) is 3.53. The molecule has 120 valence electrons. The van der Waals surface area contributed by atoms with Crippen molar-refractivity contribution in [2.75, 3.05) is 0 Å². The van der Waals surface area contributed by atoms with Crippen molar-refractivity contribution in [1.29, 1.82) is 5.41 Å². The Bertz CT molecular complexity index is 704. The molecule has 0 aliphatic carbocycles. The smallest absolute Gasteiger partial charge is 0.0560 e. The summed E-state index contributed by atoms with van der Waals surface area (Å²) in [4.78, 5) is 2.20. The highest BCUT2D eigenvalue weighted by Crippen LogP contribution is 2.32. The average Bonchev–Trinajstić information content (AvgIpc) is 2.56. The van der Waals surface area contributed by atoms with Gasteiger partial charge in [-0.1, -0.05) is 49.9 Å². The van der Waals surface area contributed by atoms with Crippen LogP contribution < -0.4 is 0 Å². The van der Waals surface area contributed by atoms with E-state index < -0.39 is 0 Å². The maximum atomic E-state index is 7.96. The highest BCUT2D eigenvalue weighted by atomic mass is 15.1. The molecule has 0 bridgehead atoms. The van der Waals surface area contributed by atoms with Gasteiger partial charge >= 0.3 is 0 Å². The van der Waals surface area contributed by atoms with Crippen LogP contribution in [0, 0.1) is 5.41 Å². The molecule has 2 rings (SSSR count). The van der Waals surface area contributed by atoms with E-state index in [0.29, 0.717) is 5.71 Å². The Labute approximate surface area is 140 Å². The molecular weight excluding hydrogens is 280 g/mol. The van der Waals surface area contributed by atoms with Crippen molar-refractivity contribution < 1.29 is 0 Å². The van der Waals surface area contributed by atoms with Crippen LogP contribution in [-0.4, -0.2) is 10.6 Å². The zero-order valence-corrected chi connectivity index (χ0v) is 14.6. The molecule has 0 saturated heterocycles. The molecule has 1 aliphatic heterocycles. The number of aryl methyl sites for hydroxylation is 1. The minimum atomic E-state index is 0.211. The molecule has 1 unspecified atom stereocenters. The summed E-state index contributed by atoms with van der Waals surface area (Å²) in [6, 6.07) is 8.79. The lowest BCUT2D eigenvalue weighted by Crippen LogP contribution is -2.23. The minimum absolute atomic E-state index is 0.211. The molecule has 2 heteroatoms. The molecule has 1 N–H and O–H groups in total. The van der Waals surface area contributed by atoms with Crippen molar-refractivity contribution in [3.8, 4) is 0 Å². The second-order valence-corrected chi connectivity index (χ2v) is 5.87. The minimum Gasteiger partial charge on any atom is -0.341 e. The van der Waals surface area contributed by atoms with Gasteiger partial charge in [-0.25, -0.2) is 0 Å². The predicted octanol–water partition coefficient (Wildman–Crippen LogP) is 5.57. The van der Waals surface area contributed by atoms with Crippen LogP contribution in [0.4, 0.5) is 0 Å². The topological polar surface area (TPSA) is 27.1 Å². The zero-order valence-electron chi connectivity index (χ0n) is 14.6. The van der Waals surface area contributed by atoms with E-state index in [1.54, 1.807) is 0 Å². The summed E-state index contributed by atoms with van der Waals surface area (Å²) in [6.45, 7) is 12.4. The number of rotatable bonds is 5. The van der Waals surface area contributed by atoms with Gasteiger partial charge in [0.15, 0.2) is 0 Å². The van der Waals surface area contributed by atoms with Crippen LogP contribution in [0.5, 0.6) is 0 Å². The fourth-order valence-electron chi connectivity index (χ4n) is 3.08. The Morgan fingerprint density at radius 1 is 1.30 bits per heavy atom. The quantitative estimate of drug-likeness (QED) is 0.708. The van der Waals surface area contributed by atoms with Gasteiger partial charge in [0.1, 0.15) is 0 Å². The average molecular weight is 306 g/mol. The molecule has 23 heavy (non-hydrogen) atoms. The van der Waals surface area contributed by atoms with E-state index in [0.717, 1.165) is 23.3 Å². The summed E-state index contributed by atoms with van der Waals surface area (Å²) in [5.41, 5.74) is 6.29. The Morgan fingerprint density at radius 2 is 2.00 bits per heavy atom. The summed E-state index contributed by atoms with van der Waals surface area (Å²) in [6.07, 6.45) is 9.21. The standard InChI is InChI=1S/C21H26N2/c1-6-18-10-8-9-11-21(18)17(5)23-14-19(13-12-15(23)3)20(7-2)16(4)22/h7-14,17,22H,3,6H2,1-2,4-5H3/b20-7+,22-16?. The maximum absolute atomic E-state index is 7.96. The van der Waals surface area contributed by atoms with Crippen LogP contribution >= 0.6 is 0 Å². The summed E-state index contributed by atoms with van der Waals surface area (Å²) < 4.78 is 0. The first kappa shape index (κ1) is 17.0. The first-order valence-corrected chi connectivity index (χ1v) is 8.16. The lowest BCUT2D eigenvalue weighted by Gasteiger charge is -2.33. The van der Waals surface area contributed by atoms with Crippen molar-refractivity contribution in [3.05, 3.63) is 83.2 Å². The van der Waals surface area contributed by atoms with E-state index in [1.165, 1.54) is 11.1 Å². The molecule has 0 spiro atoms. The molecule has 2 nitrogen and oxygen atoms in total. The Kier molecular flexibility index (Phi) is 5.38. The van der Waals surface area contributed by atoms with Crippen molar-refractivity contribution >= 4 is 5.71 Å². The van der Waals surface area contributed by atoms with Gasteiger partial charge in [-0.15, -0.1) is 0 Å².